The summed E-state index contributed by atoms with van der Waals surface area (Å²) in [6.45, 7) is 0.282. The van der Waals surface area contributed by atoms with Gasteiger partial charge in [-0.25, -0.2) is 8.42 Å². The minimum atomic E-state index is -3.64. The molecule has 84 valence electrons. The van der Waals surface area contributed by atoms with Crippen molar-refractivity contribution in [2.24, 2.45) is 0 Å². The van der Waals surface area contributed by atoms with Gasteiger partial charge in [0.2, 0.25) is 10.0 Å². The summed E-state index contributed by atoms with van der Waals surface area (Å²) in [4.78, 5) is 11.3. The predicted molar refractivity (Wildman–Crippen MR) is 51.1 cm³/mol. The summed E-state index contributed by atoms with van der Waals surface area (Å²) in [5, 5.41) is 8.37. The van der Waals surface area contributed by atoms with Gasteiger partial charge < -0.3 is 4.74 Å². The van der Waals surface area contributed by atoms with E-state index in [9.17, 15) is 13.2 Å². The number of carbonyl (C=O) groups excluding carboxylic acids is 1. The molecule has 0 spiro atoms. The van der Waals surface area contributed by atoms with Crippen LogP contribution in [0.15, 0.2) is 0 Å². The molecule has 7 heteroatoms. The van der Waals surface area contributed by atoms with Crippen molar-refractivity contribution in [3.8, 4) is 6.07 Å². The fraction of sp³-hybridized carbons (Fsp3) is 0.750. The first-order chi connectivity index (χ1) is 7.03. The highest BCUT2D eigenvalue weighted by Crippen LogP contribution is 2.22. The third kappa shape index (κ3) is 2.46. The molecule has 1 rings (SSSR count). The van der Waals surface area contributed by atoms with Gasteiger partial charge in [0.1, 0.15) is 6.04 Å². The maximum atomic E-state index is 11.6. The average Bonchev–Trinajstić information content (AvgIpc) is 2.65. The summed E-state index contributed by atoms with van der Waals surface area (Å²) >= 11 is 0. The maximum Gasteiger partial charge on any atom is 0.324 e. The molecule has 0 radical (unpaired) electrons. The van der Waals surface area contributed by atoms with Gasteiger partial charge in [0, 0.05) is 6.54 Å². The molecule has 0 aromatic rings. The molecule has 0 amide bonds. The van der Waals surface area contributed by atoms with E-state index in [4.69, 9.17) is 5.26 Å². The second-order valence-electron chi connectivity index (χ2n) is 3.21. The van der Waals surface area contributed by atoms with Crippen molar-refractivity contribution in [1.82, 2.24) is 4.31 Å². The Hall–Kier alpha value is -1.13. The van der Waals surface area contributed by atoms with Crippen LogP contribution < -0.4 is 0 Å². The van der Waals surface area contributed by atoms with Gasteiger partial charge in [-0.1, -0.05) is 0 Å². The molecule has 1 atom stereocenters. The maximum absolute atomic E-state index is 11.6. The lowest BCUT2D eigenvalue weighted by Crippen LogP contribution is -2.41. The van der Waals surface area contributed by atoms with E-state index in [1.807, 2.05) is 0 Å². The van der Waals surface area contributed by atoms with Gasteiger partial charge in [-0.3, -0.25) is 4.79 Å². The molecule has 1 heterocycles. The van der Waals surface area contributed by atoms with E-state index in [0.717, 1.165) is 4.31 Å². The third-order valence-corrected chi connectivity index (χ3v) is 3.93. The van der Waals surface area contributed by atoms with Crippen LogP contribution in [0.1, 0.15) is 12.8 Å². The van der Waals surface area contributed by atoms with E-state index in [-0.39, 0.29) is 6.54 Å². The Morgan fingerprint density at radius 2 is 2.33 bits per heavy atom. The van der Waals surface area contributed by atoms with Gasteiger partial charge in [0.05, 0.1) is 13.2 Å². The summed E-state index contributed by atoms with van der Waals surface area (Å²) in [6, 6.07) is 0.824. The molecule has 1 unspecified atom stereocenters. The SMILES string of the molecule is COC(=O)C1CCCN1S(=O)(=O)CC#N. The van der Waals surface area contributed by atoms with Gasteiger partial charge in [-0.05, 0) is 12.8 Å². The van der Waals surface area contributed by atoms with Crippen molar-refractivity contribution in [3.05, 3.63) is 0 Å². The van der Waals surface area contributed by atoms with E-state index in [1.54, 1.807) is 6.07 Å². The number of sulfonamides is 1. The molecule has 1 aliphatic rings. The number of hydrogen-bond acceptors (Lipinski definition) is 5. The summed E-state index contributed by atoms with van der Waals surface area (Å²) < 4.78 is 28.7. The van der Waals surface area contributed by atoms with Crippen molar-refractivity contribution >= 4 is 16.0 Å². The smallest absolute Gasteiger partial charge is 0.324 e. The number of hydrogen-bond donors (Lipinski definition) is 0. The van der Waals surface area contributed by atoms with Crippen molar-refractivity contribution in [3.63, 3.8) is 0 Å². The minimum absolute atomic E-state index is 0.282. The van der Waals surface area contributed by atoms with E-state index in [0.29, 0.717) is 12.8 Å². The van der Waals surface area contributed by atoms with Gasteiger partial charge >= 0.3 is 5.97 Å². The first-order valence-corrected chi connectivity index (χ1v) is 6.08. The Labute approximate surface area is 88.5 Å². The molecular formula is C8H12N2O4S. The molecule has 1 saturated heterocycles. The zero-order chi connectivity index (χ0) is 11.5. The molecule has 0 aromatic carbocycles. The Balaban J connectivity index is 2.87. The molecule has 0 saturated carbocycles. The largest absolute Gasteiger partial charge is 0.468 e. The van der Waals surface area contributed by atoms with Crippen LogP contribution in [0.25, 0.3) is 0 Å². The topological polar surface area (TPSA) is 87.5 Å². The van der Waals surface area contributed by atoms with Crippen molar-refractivity contribution in [2.45, 2.75) is 18.9 Å². The Morgan fingerprint density at radius 1 is 1.67 bits per heavy atom. The van der Waals surface area contributed by atoms with Crippen LogP contribution in [0.4, 0.5) is 0 Å². The summed E-state index contributed by atoms with van der Waals surface area (Å²) in [5.74, 6) is -1.16. The lowest BCUT2D eigenvalue weighted by atomic mass is 10.2. The van der Waals surface area contributed by atoms with Gasteiger partial charge in [0.15, 0.2) is 5.75 Å². The lowest BCUT2D eigenvalue weighted by Gasteiger charge is -2.20. The van der Waals surface area contributed by atoms with Crippen LogP contribution in [0.2, 0.25) is 0 Å². The first kappa shape index (κ1) is 11.9. The number of carbonyl (C=O) groups is 1. The third-order valence-electron chi connectivity index (χ3n) is 2.28. The van der Waals surface area contributed by atoms with Crippen LogP contribution in [-0.2, 0) is 19.6 Å². The number of rotatable bonds is 3. The number of ether oxygens (including phenoxy) is 1. The zero-order valence-corrected chi connectivity index (χ0v) is 9.16. The van der Waals surface area contributed by atoms with E-state index >= 15 is 0 Å². The quantitative estimate of drug-likeness (QED) is 0.611. The van der Waals surface area contributed by atoms with E-state index in [1.165, 1.54) is 7.11 Å². The number of methoxy groups -OCH3 is 1. The molecule has 0 aliphatic carbocycles. The molecular weight excluding hydrogens is 220 g/mol. The molecule has 0 bridgehead atoms. The molecule has 1 fully saturated rings. The normalized spacial score (nSPS) is 22.3. The summed E-state index contributed by atoms with van der Waals surface area (Å²) in [7, 11) is -2.42. The highest BCUT2D eigenvalue weighted by molar-refractivity contribution is 7.89. The van der Waals surface area contributed by atoms with Crippen molar-refractivity contribution in [1.29, 1.82) is 5.26 Å². The van der Waals surface area contributed by atoms with Gasteiger partial charge in [-0.2, -0.15) is 9.57 Å². The standard InChI is InChI=1S/C8H12N2O4S/c1-14-8(11)7-3-2-5-10(7)15(12,13)6-4-9/h7H,2-3,5-6H2,1H3. The number of esters is 1. The minimum Gasteiger partial charge on any atom is -0.468 e. The first-order valence-electron chi connectivity index (χ1n) is 4.47. The fourth-order valence-corrected chi connectivity index (χ4v) is 2.92. The second kappa shape index (κ2) is 4.59. The average molecular weight is 232 g/mol. The molecule has 6 nitrogen and oxygen atoms in total. The molecule has 15 heavy (non-hydrogen) atoms. The van der Waals surface area contributed by atoms with E-state index < -0.39 is 27.8 Å². The molecule has 0 N–H and O–H groups in total. The zero-order valence-electron chi connectivity index (χ0n) is 8.34. The number of nitrogens with zero attached hydrogens (tertiary/aromatic N) is 2. The Kier molecular flexibility index (Phi) is 3.66. The summed E-state index contributed by atoms with van der Waals surface area (Å²) in [5.41, 5.74) is 0. The fourth-order valence-electron chi connectivity index (χ4n) is 1.61. The molecule has 0 aromatic heterocycles. The lowest BCUT2D eigenvalue weighted by molar-refractivity contribution is -0.144. The van der Waals surface area contributed by atoms with Crippen LogP contribution >= 0.6 is 0 Å². The van der Waals surface area contributed by atoms with Gasteiger partial charge in [0.25, 0.3) is 0 Å². The predicted octanol–water partition coefficient (Wildman–Crippen LogP) is -0.523. The number of nitriles is 1. The Morgan fingerprint density at radius 3 is 2.87 bits per heavy atom. The van der Waals surface area contributed by atoms with Crippen LogP contribution in [0, 0.1) is 11.3 Å². The Bertz CT molecular complexity index is 384. The van der Waals surface area contributed by atoms with E-state index in [2.05, 4.69) is 4.74 Å². The summed E-state index contributed by atoms with van der Waals surface area (Å²) in [6.07, 6.45) is 1.07. The second-order valence-corrected chi connectivity index (χ2v) is 5.13. The van der Waals surface area contributed by atoms with Crippen LogP contribution in [-0.4, -0.2) is 44.1 Å². The van der Waals surface area contributed by atoms with Crippen LogP contribution in [0.5, 0.6) is 0 Å². The van der Waals surface area contributed by atoms with Crippen molar-refractivity contribution in [2.75, 3.05) is 19.4 Å². The monoisotopic (exact) mass is 232 g/mol. The highest BCUT2D eigenvalue weighted by Gasteiger charge is 2.38. The highest BCUT2D eigenvalue weighted by atomic mass is 32.2. The molecule has 1 aliphatic heterocycles. The van der Waals surface area contributed by atoms with Crippen LogP contribution in [0.3, 0.4) is 0 Å². The van der Waals surface area contributed by atoms with Gasteiger partial charge in [-0.15, -0.1) is 0 Å². The van der Waals surface area contributed by atoms with Crippen molar-refractivity contribution < 1.29 is 17.9 Å².